The lowest BCUT2D eigenvalue weighted by molar-refractivity contribution is -0.114. The molecule has 3 N–H and O–H groups in total. The van der Waals surface area contributed by atoms with Gasteiger partial charge < -0.3 is 10.5 Å². The lowest BCUT2D eigenvalue weighted by Gasteiger charge is -2.52. The second kappa shape index (κ2) is 4.19. The molecule has 4 unspecified atom stereocenters. The van der Waals surface area contributed by atoms with Gasteiger partial charge in [-0.3, -0.25) is 0 Å². The monoisotopic (exact) mass is 260 g/mol. The molecule has 3 rings (SSSR count). The minimum atomic E-state index is -3.17. The summed E-state index contributed by atoms with van der Waals surface area (Å²) in [5.41, 5.74) is 6.02. The SMILES string of the molecule is NC1C2CCCOC2C1NS(=O)(=O)CC1CC1. The average Bonchev–Trinajstić information content (AvgIpc) is 3.09. The van der Waals surface area contributed by atoms with E-state index in [0.717, 1.165) is 32.3 Å². The van der Waals surface area contributed by atoms with Crippen molar-refractivity contribution in [1.29, 1.82) is 0 Å². The fourth-order valence-corrected chi connectivity index (χ4v) is 4.70. The highest BCUT2D eigenvalue weighted by Crippen LogP contribution is 2.38. The van der Waals surface area contributed by atoms with E-state index in [1.165, 1.54) is 0 Å². The molecule has 2 saturated carbocycles. The third kappa shape index (κ3) is 2.36. The summed E-state index contributed by atoms with van der Waals surface area (Å²) in [7, 11) is -3.17. The smallest absolute Gasteiger partial charge is 0.212 e. The first-order valence-electron chi connectivity index (χ1n) is 6.44. The zero-order chi connectivity index (χ0) is 12.0. The van der Waals surface area contributed by atoms with Crippen LogP contribution in [0.25, 0.3) is 0 Å². The Kier molecular flexibility index (Phi) is 2.93. The van der Waals surface area contributed by atoms with Crippen LogP contribution < -0.4 is 10.5 Å². The van der Waals surface area contributed by atoms with E-state index >= 15 is 0 Å². The summed E-state index contributed by atoms with van der Waals surface area (Å²) in [6.07, 6.45) is 4.19. The van der Waals surface area contributed by atoms with Crippen molar-refractivity contribution in [2.24, 2.45) is 17.6 Å². The van der Waals surface area contributed by atoms with Crippen molar-refractivity contribution in [3.05, 3.63) is 0 Å². The van der Waals surface area contributed by atoms with Crippen molar-refractivity contribution >= 4 is 10.0 Å². The first-order chi connectivity index (χ1) is 8.07. The van der Waals surface area contributed by atoms with E-state index in [9.17, 15) is 8.42 Å². The molecular weight excluding hydrogens is 240 g/mol. The highest BCUT2D eigenvalue weighted by molar-refractivity contribution is 7.89. The maximum atomic E-state index is 11.9. The quantitative estimate of drug-likeness (QED) is 0.735. The summed E-state index contributed by atoms with van der Waals surface area (Å²) in [5.74, 6) is 0.970. The van der Waals surface area contributed by atoms with E-state index in [1.54, 1.807) is 0 Å². The minimum absolute atomic E-state index is 0.00716. The molecule has 17 heavy (non-hydrogen) atoms. The molecule has 3 aliphatic rings. The van der Waals surface area contributed by atoms with Gasteiger partial charge in [-0.2, -0.15) is 0 Å². The normalized spacial score (nSPS) is 41.7. The average molecular weight is 260 g/mol. The van der Waals surface area contributed by atoms with Gasteiger partial charge >= 0.3 is 0 Å². The largest absolute Gasteiger partial charge is 0.376 e. The van der Waals surface area contributed by atoms with Gasteiger partial charge in [-0.25, -0.2) is 13.1 Å². The lowest BCUT2D eigenvalue weighted by atomic mass is 9.69. The zero-order valence-corrected chi connectivity index (χ0v) is 10.7. The second-order valence-electron chi connectivity index (χ2n) is 5.59. The highest BCUT2D eigenvalue weighted by Gasteiger charge is 2.52. The van der Waals surface area contributed by atoms with Crippen molar-refractivity contribution in [1.82, 2.24) is 4.72 Å². The summed E-state index contributed by atoms with van der Waals surface area (Å²) >= 11 is 0. The van der Waals surface area contributed by atoms with Gasteiger partial charge in [0.15, 0.2) is 0 Å². The van der Waals surface area contributed by atoms with Crippen LogP contribution in [0, 0.1) is 11.8 Å². The van der Waals surface area contributed by atoms with Gasteiger partial charge in [0, 0.05) is 18.6 Å². The first-order valence-corrected chi connectivity index (χ1v) is 8.09. The summed E-state index contributed by atoms with van der Waals surface area (Å²) < 4.78 is 32.1. The number of sulfonamides is 1. The van der Waals surface area contributed by atoms with E-state index in [2.05, 4.69) is 4.72 Å². The van der Waals surface area contributed by atoms with Crippen LogP contribution in [0.15, 0.2) is 0 Å². The van der Waals surface area contributed by atoms with E-state index in [-0.39, 0.29) is 23.9 Å². The van der Waals surface area contributed by atoms with Gasteiger partial charge in [0.05, 0.1) is 17.9 Å². The molecule has 5 nitrogen and oxygen atoms in total. The molecule has 1 saturated heterocycles. The molecule has 98 valence electrons. The van der Waals surface area contributed by atoms with Crippen LogP contribution in [-0.4, -0.2) is 39.0 Å². The van der Waals surface area contributed by atoms with Crippen LogP contribution in [0.4, 0.5) is 0 Å². The van der Waals surface area contributed by atoms with Gasteiger partial charge in [-0.15, -0.1) is 0 Å². The predicted molar refractivity (Wildman–Crippen MR) is 63.9 cm³/mol. The number of ether oxygens (including phenoxy) is 1. The van der Waals surface area contributed by atoms with Crippen molar-refractivity contribution < 1.29 is 13.2 Å². The maximum Gasteiger partial charge on any atom is 0.212 e. The Morgan fingerprint density at radius 3 is 2.76 bits per heavy atom. The summed E-state index contributed by atoms with van der Waals surface area (Å²) in [6, 6.07) is -0.279. The molecule has 2 aliphatic carbocycles. The third-order valence-corrected chi connectivity index (χ3v) is 5.69. The number of hydrogen-bond acceptors (Lipinski definition) is 4. The molecule has 3 fully saturated rings. The van der Waals surface area contributed by atoms with E-state index in [4.69, 9.17) is 10.5 Å². The summed E-state index contributed by atoms with van der Waals surface area (Å²) in [5, 5.41) is 0. The Balaban J connectivity index is 1.61. The Bertz CT molecular complexity index is 394. The van der Waals surface area contributed by atoms with E-state index in [1.807, 2.05) is 0 Å². The van der Waals surface area contributed by atoms with E-state index < -0.39 is 10.0 Å². The molecule has 0 amide bonds. The van der Waals surface area contributed by atoms with Crippen LogP contribution in [0.1, 0.15) is 25.7 Å². The highest BCUT2D eigenvalue weighted by atomic mass is 32.2. The summed E-state index contributed by atoms with van der Waals surface area (Å²) in [6.45, 7) is 0.731. The van der Waals surface area contributed by atoms with Gasteiger partial charge in [0.2, 0.25) is 10.0 Å². The minimum Gasteiger partial charge on any atom is -0.376 e. The summed E-state index contributed by atoms with van der Waals surface area (Å²) in [4.78, 5) is 0. The molecule has 0 aromatic heterocycles. The Hall–Kier alpha value is -0.170. The number of nitrogens with one attached hydrogen (secondary N) is 1. The third-order valence-electron chi connectivity index (χ3n) is 4.14. The second-order valence-corrected chi connectivity index (χ2v) is 7.39. The number of rotatable bonds is 4. The Morgan fingerprint density at radius 1 is 1.29 bits per heavy atom. The molecule has 0 aromatic carbocycles. The zero-order valence-electron chi connectivity index (χ0n) is 9.84. The first kappa shape index (κ1) is 11.9. The van der Waals surface area contributed by atoms with Crippen molar-refractivity contribution in [2.75, 3.05) is 12.4 Å². The molecule has 0 bridgehead atoms. The molecule has 0 aromatic rings. The lowest BCUT2D eigenvalue weighted by Crippen LogP contribution is -2.72. The molecular formula is C11H20N2O3S. The van der Waals surface area contributed by atoms with Crippen molar-refractivity contribution in [2.45, 2.75) is 43.9 Å². The predicted octanol–water partition coefficient (Wildman–Crippen LogP) is -0.180. The van der Waals surface area contributed by atoms with E-state index in [0.29, 0.717) is 11.8 Å². The molecule has 1 aliphatic heterocycles. The van der Waals surface area contributed by atoms with Crippen LogP contribution >= 0.6 is 0 Å². The van der Waals surface area contributed by atoms with Gasteiger partial charge in [-0.05, 0) is 31.6 Å². The van der Waals surface area contributed by atoms with Crippen LogP contribution in [0.5, 0.6) is 0 Å². The fourth-order valence-electron chi connectivity index (χ4n) is 2.94. The van der Waals surface area contributed by atoms with Crippen LogP contribution in [-0.2, 0) is 14.8 Å². The molecule has 0 spiro atoms. The van der Waals surface area contributed by atoms with Crippen LogP contribution in [0.3, 0.4) is 0 Å². The maximum absolute atomic E-state index is 11.9. The molecule has 0 radical (unpaired) electrons. The molecule has 4 atom stereocenters. The fraction of sp³-hybridized carbons (Fsp3) is 1.00. The standard InChI is InChI=1S/C11H20N2O3S/c12-9-8-2-1-5-16-11(8)10(9)13-17(14,15)6-7-3-4-7/h7-11,13H,1-6,12H2. The number of nitrogens with two attached hydrogens (primary N) is 1. The van der Waals surface area contributed by atoms with Gasteiger partial charge in [0.1, 0.15) is 0 Å². The van der Waals surface area contributed by atoms with Crippen LogP contribution in [0.2, 0.25) is 0 Å². The van der Waals surface area contributed by atoms with Crippen molar-refractivity contribution in [3.8, 4) is 0 Å². The molecule has 1 heterocycles. The number of hydrogen-bond donors (Lipinski definition) is 2. The Morgan fingerprint density at radius 2 is 2.06 bits per heavy atom. The topological polar surface area (TPSA) is 81.4 Å². The Labute approximate surface area is 102 Å². The van der Waals surface area contributed by atoms with Gasteiger partial charge in [-0.1, -0.05) is 0 Å². The van der Waals surface area contributed by atoms with Gasteiger partial charge in [0.25, 0.3) is 0 Å². The van der Waals surface area contributed by atoms with Crippen molar-refractivity contribution in [3.63, 3.8) is 0 Å². The molecule has 6 heteroatoms. The number of fused-ring (bicyclic) bond motifs is 1.